The monoisotopic (exact) mass is 340 g/mol. The zero-order valence-electron chi connectivity index (χ0n) is 15.2. The highest BCUT2D eigenvalue weighted by molar-refractivity contribution is 5.93. The molecule has 0 saturated heterocycles. The first kappa shape index (κ1) is 18.6. The third-order valence-corrected chi connectivity index (χ3v) is 3.78. The van der Waals surface area contributed by atoms with Crippen LogP contribution in [0.15, 0.2) is 54.1 Å². The predicted molar refractivity (Wildman–Crippen MR) is 98.2 cm³/mol. The largest absolute Gasteiger partial charge is 0.496 e. The van der Waals surface area contributed by atoms with Crippen LogP contribution in [0.2, 0.25) is 0 Å². The molecule has 0 fully saturated rings. The van der Waals surface area contributed by atoms with Gasteiger partial charge < -0.3 is 14.2 Å². The van der Waals surface area contributed by atoms with E-state index >= 15 is 0 Å². The van der Waals surface area contributed by atoms with Crippen LogP contribution in [0, 0.1) is 0 Å². The smallest absolute Gasteiger partial charge is 0.341 e. The van der Waals surface area contributed by atoms with Gasteiger partial charge in [0.2, 0.25) is 0 Å². The van der Waals surface area contributed by atoms with E-state index in [4.69, 9.17) is 14.2 Å². The predicted octanol–water partition coefficient (Wildman–Crippen LogP) is 4.57. The molecule has 4 nitrogen and oxygen atoms in total. The molecule has 2 aromatic rings. The highest BCUT2D eigenvalue weighted by atomic mass is 16.5. The van der Waals surface area contributed by atoms with E-state index in [1.165, 1.54) is 12.7 Å². The van der Waals surface area contributed by atoms with E-state index < -0.39 is 5.97 Å². The Balaban J connectivity index is 2.45. The Hall–Kier alpha value is -2.75. The second kappa shape index (κ2) is 8.92. The van der Waals surface area contributed by atoms with Crippen LogP contribution in [0.3, 0.4) is 0 Å². The molecule has 0 unspecified atom stereocenters. The van der Waals surface area contributed by atoms with E-state index in [0.29, 0.717) is 30.1 Å². The first-order valence-electron chi connectivity index (χ1n) is 8.15. The maximum Gasteiger partial charge on any atom is 0.341 e. The van der Waals surface area contributed by atoms with Gasteiger partial charge in [-0.1, -0.05) is 42.0 Å². The van der Waals surface area contributed by atoms with Gasteiger partial charge in [0.25, 0.3) is 0 Å². The molecule has 0 aliphatic rings. The van der Waals surface area contributed by atoms with Crippen molar-refractivity contribution in [3.05, 3.63) is 70.8 Å². The Bertz CT molecular complexity index is 744. The van der Waals surface area contributed by atoms with E-state index in [2.05, 4.69) is 6.08 Å². The fourth-order valence-electron chi connectivity index (χ4n) is 2.47. The Labute approximate surface area is 149 Å². The van der Waals surface area contributed by atoms with Crippen LogP contribution in [-0.2, 0) is 17.8 Å². The van der Waals surface area contributed by atoms with E-state index in [-0.39, 0.29) is 0 Å². The highest BCUT2D eigenvalue weighted by Gasteiger charge is 2.20. The molecular weight excluding hydrogens is 316 g/mol. The van der Waals surface area contributed by atoms with Crippen molar-refractivity contribution in [1.29, 1.82) is 0 Å². The second-order valence-corrected chi connectivity index (χ2v) is 5.87. The fourth-order valence-corrected chi connectivity index (χ4v) is 2.47. The minimum Gasteiger partial charge on any atom is -0.496 e. The number of hydrogen-bond donors (Lipinski definition) is 0. The topological polar surface area (TPSA) is 44.8 Å². The summed E-state index contributed by atoms with van der Waals surface area (Å²) in [5.74, 6) is 0.768. The van der Waals surface area contributed by atoms with Crippen molar-refractivity contribution < 1.29 is 19.0 Å². The minimum absolute atomic E-state index is 0.361. The number of allylic oxidation sites excluding steroid dienone is 2. The molecule has 0 heterocycles. The summed E-state index contributed by atoms with van der Waals surface area (Å²) in [5.41, 5.74) is 3.44. The van der Waals surface area contributed by atoms with E-state index in [0.717, 1.165) is 11.1 Å². The Morgan fingerprint density at radius 1 is 1.04 bits per heavy atom. The molecule has 2 rings (SSSR count). The van der Waals surface area contributed by atoms with E-state index in [1.807, 2.05) is 44.2 Å². The van der Waals surface area contributed by atoms with Crippen molar-refractivity contribution in [2.45, 2.75) is 26.9 Å². The highest BCUT2D eigenvalue weighted by Crippen LogP contribution is 2.34. The number of benzene rings is 2. The second-order valence-electron chi connectivity index (χ2n) is 5.87. The molecule has 132 valence electrons. The van der Waals surface area contributed by atoms with Crippen molar-refractivity contribution in [1.82, 2.24) is 0 Å². The third kappa shape index (κ3) is 4.86. The van der Waals surface area contributed by atoms with Crippen LogP contribution < -0.4 is 9.47 Å². The third-order valence-electron chi connectivity index (χ3n) is 3.78. The van der Waals surface area contributed by atoms with E-state index in [9.17, 15) is 4.79 Å². The summed E-state index contributed by atoms with van der Waals surface area (Å²) in [4.78, 5) is 12.2. The summed E-state index contributed by atoms with van der Waals surface area (Å²) in [7, 11) is 2.98. The van der Waals surface area contributed by atoms with Gasteiger partial charge in [-0.3, -0.25) is 0 Å². The van der Waals surface area contributed by atoms with Crippen molar-refractivity contribution in [2.75, 3.05) is 14.2 Å². The van der Waals surface area contributed by atoms with Gasteiger partial charge in [0.1, 0.15) is 23.7 Å². The molecule has 0 radical (unpaired) electrons. The standard InChI is InChI=1S/C21H24O4/c1-15(2)10-11-17-19(23-3)13-12-18(21(22)24-4)20(17)25-14-16-8-6-5-7-9-16/h5-10,12-13H,11,14H2,1-4H3. The molecule has 4 heteroatoms. The summed E-state index contributed by atoms with van der Waals surface area (Å²) in [5, 5.41) is 0. The summed E-state index contributed by atoms with van der Waals surface area (Å²) in [6, 6.07) is 13.3. The summed E-state index contributed by atoms with van der Waals surface area (Å²) < 4.78 is 16.4. The summed E-state index contributed by atoms with van der Waals surface area (Å²) in [6.45, 7) is 4.42. The number of ether oxygens (including phenoxy) is 3. The average molecular weight is 340 g/mol. The maximum atomic E-state index is 12.2. The van der Waals surface area contributed by atoms with Crippen molar-refractivity contribution >= 4 is 5.97 Å². The summed E-state index contributed by atoms with van der Waals surface area (Å²) >= 11 is 0. The lowest BCUT2D eigenvalue weighted by molar-refractivity contribution is 0.0595. The molecule has 0 bridgehead atoms. The number of hydrogen-bond acceptors (Lipinski definition) is 4. The molecule has 2 aromatic carbocycles. The van der Waals surface area contributed by atoms with Gasteiger partial charge in [-0.2, -0.15) is 0 Å². The molecule has 0 aromatic heterocycles. The number of methoxy groups -OCH3 is 2. The first-order valence-corrected chi connectivity index (χ1v) is 8.15. The molecule has 0 spiro atoms. The number of carbonyl (C=O) groups excluding carboxylic acids is 1. The Morgan fingerprint density at radius 3 is 2.36 bits per heavy atom. The molecule has 0 aliphatic heterocycles. The SMILES string of the molecule is COC(=O)c1ccc(OC)c(CC=C(C)C)c1OCc1ccccc1. The molecule has 0 N–H and O–H groups in total. The zero-order chi connectivity index (χ0) is 18.2. The lowest BCUT2D eigenvalue weighted by Gasteiger charge is -2.17. The van der Waals surface area contributed by atoms with Crippen LogP contribution in [0.4, 0.5) is 0 Å². The van der Waals surface area contributed by atoms with Crippen LogP contribution in [-0.4, -0.2) is 20.2 Å². The van der Waals surface area contributed by atoms with Crippen LogP contribution in [0.1, 0.15) is 35.3 Å². The molecule has 0 amide bonds. The maximum absolute atomic E-state index is 12.2. The number of carbonyl (C=O) groups is 1. The fraction of sp³-hybridized carbons (Fsp3) is 0.286. The minimum atomic E-state index is -0.427. The Morgan fingerprint density at radius 2 is 1.76 bits per heavy atom. The van der Waals surface area contributed by atoms with Crippen molar-refractivity contribution in [2.24, 2.45) is 0 Å². The summed E-state index contributed by atoms with van der Waals surface area (Å²) in [6.07, 6.45) is 2.69. The van der Waals surface area contributed by atoms with Gasteiger partial charge in [0.15, 0.2) is 0 Å². The number of rotatable bonds is 7. The van der Waals surface area contributed by atoms with Crippen LogP contribution in [0.25, 0.3) is 0 Å². The lowest BCUT2D eigenvalue weighted by atomic mass is 10.0. The zero-order valence-corrected chi connectivity index (χ0v) is 15.2. The molecule has 0 saturated carbocycles. The van der Waals surface area contributed by atoms with Crippen molar-refractivity contribution in [3.63, 3.8) is 0 Å². The molecular formula is C21H24O4. The Kier molecular flexibility index (Phi) is 6.63. The van der Waals surface area contributed by atoms with Gasteiger partial charge in [-0.15, -0.1) is 0 Å². The van der Waals surface area contributed by atoms with Gasteiger partial charge in [0.05, 0.1) is 14.2 Å². The van der Waals surface area contributed by atoms with Gasteiger partial charge in [0, 0.05) is 5.56 Å². The normalized spacial score (nSPS) is 10.1. The lowest BCUT2D eigenvalue weighted by Crippen LogP contribution is -2.09. The van der Waals surface area contributed by atoms with Gasteiger partial charge >= 0.3 is 5.97 Å². The van der Waals surface area contributed by atoms with Gasteiger partial charge in [-0.25, -0.2) is 4.79 Å². The number of esters is 1. The first-order chi connectivity index (χ1) is 12.1. The molecule has 25 heavy (non-hydrogen) atoms. The van der Waals surface area contributed by atoms with Gasteiger partial charge in [-0.05, 0) is 38.0 Å². The molecule has 0 atom stereocenters. The van der Waals surface area contributed by atoms with Crippen LogP contribution in [0.5, 0.6) is 11.5 Å². The quantitative estimate of drug-likeness (QED) is 0.547. The van der Waals surface area contributed by atoms with E-state index in [1.54, 1.807) is 19.2 Å². The molecule has 0 aliphatic carbocycles. The van der Waals surface area contributed by atoms with Crippen LogP contribution >= 0.6 is 0 Å². The van der Waals surface area contributed by atoms with Crippen molar-refractivity contribution in [3.8, 4) is 11.5 Å². The average Bonchev–Trinajstić information content (AvgIpc) is 2.64.